The zero-order valence-corrected chi connectivity index (χ0v) is 20.5. The third-order valence-corrected chi connectivity index (χ3v) is 5.68. The van der Waals surface area contributed by atoms with Crippen LogP contribution in [0.1, 0.15) is 22.2 Å². The molecule has 0 aromatic carbocycles. The second kappa shape index (κ2) is 11.9. The van der Waals surface area contributed by atoms with Gasteiger partial charge < -0.3 is 19.6 Å². The number of hydrogen-bond donors (Lipinski definition) is 1. The number of amides is 1. The molecule has 0 spiro atoms. The number of carbonyl (C=O) groups is 2. The van der Waals surface area contributed by atoms with Crippen LogP contribution in [0, 0.1) is 0 Å². The topological polar surface area (TPSA) is 129 Å². The van der Waals surface area contributed by atoms with Gasteiger partial charge in [0.2, 0.25) is 5.95 Å². The van der Waals surface area contributed by atoms with Crippen LogP contribution < -0.4 is 4.90 Å². The Bertz CT molecular complexity index is 1210. The summed E-state index contributed by atoms with van der Waals surface area (Å²) in [6.45, 7) is 3.39. The number of aliphatic carboxylic acids is 1. The molecule has 200 valence electrons. The monoisotopic (exact) mass is 524 g/mol. The molecule has 1 fully saturated rings. The molecule has 0 saturated carbocycles. The van der Waals surface area contributed by atoms with Crippen LogP contribution in [-0.4, -0.2) is 112 Å². The van der Waals surface area contributed by atoms with E-state index in [1.165, 1.54) is 0 Å². The average molecular weight is 525 g/mol. The van der Waals surface area contributed by atoms with Crippen LogP contribution in [0.3, 0.4) is 0 Å². The Morgan fingerprint density at radius 2 is 1.86 bits per heavy atom. The maximum Gasteiger partial charge on any atom is 0.490 e. The lowest BCUT2D eigenvalue weighted by Gasteiger charge is -2.38. The standard InChI is InChI=1S/C20H26N8O2.C2HF3O2/c1-25-9-10-27(20-21-7-4-8-22-20)14-16(25)18-24-23-17-6-5-15(13-28(17)18)19(29)26(2)11-12-30-3;3-2(4,5)1(6)7/h4-8,13,16H,9-12,14H2,1-3H3;(H,6,7). The predicted molar refractivity (Wildman–Crippen MR) is 125 cm³/mol. The normalized spacial score (nSPS) is 16.3. The van der Waals surface area contributed by atoms with Gasteiger partial charge in [-0.2, -0.15) is 13.2 Å². The molecule has 1 atom stereocenters. The van der Waals surface area contributed by atoms with Crippen molar-refractivity contribution in [1.82, 2.24) is 34.4 Å². The number of rotatable bonds is 6. The van der Waals surface area contributed by atoms with E-state index in [1.54, 1.807) is 37.5 Å². The molecule has 0 bridgehead atoms. The summed E-state index contributed by atoms with van der Waals surface area (Å²) in [4.78, 5) is 36.5. The van der Waals surface area contributed by atoms with Crippen LogP contribution >= 0.6 is 0 Å². The van der Waals surface area contributed by atoms with Crippen LogP contribution in [0.25, 0.3) is 5.65 Å². The van der Waals surface area contributed by atoms with Crippen LogP contribution in [0.4, 0.5) is 19.1 Å². The summed E-state index contributed by atoms with van der Waals surface area (Å²) in [7, 11) is 5.46. The summed E-state index contributed by atoms with van der Waals surface area (Å²) < 4.78 is 38.7. The number of aromatic nitrogens is 5. The van der Waals surface area contributed by atoms with Crippen LogP contribution in [0.15, 0.2) is 36.8 Å². The molecule has 12 nitrogen and oxygen atoms in total. The summed E-state index contributed by atoms with van der Waals surface area (Å²) >= 11 is 0. The molecule has 1 aliphatic heterocycles. The minimum absolute atomic E-state index is 0.00544. The highest BCUT2D eigenvalue weighted by Crippen LogP contribution is 2.25. The largest absolute Gasteiger partial charge is 0.490 e. The highest BCUT2D eigenvalue weighted by atomic mass is 19.4. The third kappa shape index (κ3) is 6.89. The first-order valence-electron chi connectivity index (χ1n) is 11.1. The van der Waals surface area contributed by atoms with Gasteiger partial charge in [-0.05, 0) is 25.2 Å². The second-order valence-corrected chi connectivity index (χ2v) is 8.22. The molecular weight excluding hydrogens is 497 g/mol. The number of anilines is 1. The van der Waals surface area contributed by atoms with Crippen molar-refractivity contribution in [2.24, 2.45) is 0 Å². The van der Waals surface area contributed by atoms with Crippen molar-refractivity contribution >= 4 is 23.5 Å². The number of alkyl halides is 3. The zero-order valence-electron chi connectivity index (χ0n) is 20.5. The van der Waals surface area contributed by atoms with Crippen molar-refractivity contribution in [2.45, 2.75) is 12.2 Å². The second-order valence-electron chi connectivity index (χ2n) is 8.22. The molecule has 0 aliphatic carbocycles. The van der Waals surface area contributed by atoms with Crippen LogP contribution in [0.2, 0.25) is 0 Å². The molecule has 1 saturated heterocycles. The lowest BCUT2D eigenvalue weighted by molar-refractivity contribution is -0.192. The van der Waals surface area contributed by atoms with Crippen molar-refractivity contribution in [3.05, 3.63) is 48.2 Å². The fourth-order valence-electron chi connectivity index (χ4n) is 3.60. The van der Waals surface area contributed by atoms with Gasteiger partial charge in [0.25, 0.3) is 5.91 Å². The van der Waals surface area contributed by atoms with E-state index < -0.39 is 12.1 Å². The van der Waals surface area contributed by atoms with E-state index in [4.69, 9.17) is 14.6 Å². The molecular formula is C22H27F3N8O4. The average Bonchev–Trinajstić information content (AvgIpc) is 3.30. The summed E-state index contributed by atoms with van der Waals surface area (Å²) in [6, 6.07) is 5.42. The number of nitrogens with zero attached hydrogens (tertiary/aromatic N) is 8. The van der Waals surface area contributed by atoms with Gasteiger partial charge in [-0.15, -0.1) is 10.2 Å². The van der Waals surface area contributed by atoms with E-state index in [9.17, 15) is 18.0 Å². The van der Waals surface area contributed by atoms with Crippen molar-refractivity contribution in [1.29, 1.82) is 0 Å². The first kappa shape index (κ1) is 27.7. The molecule has 3 aromatic rings. The summed E-state index contributed by atoms with van der Waals surface area (Å²) in [5, 5.41) is 15.9. The van der Waals surface area contributed by atoms with Gasteiger partial charge in [0.05, 0.1) is 18.2 Å². The zero-order chi connectivity index (χ0) is 27.2. The third-order valence-electron chi connectivity index (χ3n) is 5.68. The van der Waals surface area contributed by atoms with Gasteiger partial charge in [0.1, 0.15) is 0 Å². The molecule has 4 heterocycles. The summed E-state index contributed by atoms with van der Waals surface area (Å²) in [6.07, 6.45) is 0.238. The van der Waals surface area contributed by atoms with Crippen molar-refractivity contribution in [3.63, 3.8) is 0 Å². The highest BCUT2D eigenvalue weighted by Gasteiger charge is 2.38. The van der Waals surface area contributed by atoms with Gasteiger partial charge in [0.15, 0.2) is 11.5 Å². The maximum atomic E-state index is 12.8. The number of fused-ring (bicyclic) bond motifs is 1. The molecule has 4 rings (SSSR count). The predicted octanol–water partition coefficient (Wildman–Crippen LogP) is 1.36. The molecule has 1 unspecified atom stereocenters. The Kier molecular flexibility index (Phi) is 8.94. The van der Waals surface area contributed by atoms with E-state index >= 15 is 0 Å². The van der Waals surface area contributed by atoms with Gasteiger partial charge in [0, 0.05) is 58.9 Å². The van der Waals surface area contributed by atoms with Gasteiger partial charge in [-0.25, -0.2) is 14.8 Å². The van der Waals surface area contributed by atoms with Crippen LogP contribution in [-0.2, 0) is 9.53 Å². The summed E-state index contributed by atoms with van der Waals surface area (Å²) in [5.74, 6) is -1.32. The number of likely N-dealkylation sites (N-methyl/N-ethyl adjacent to an activating group) is 2. The minimum atomic E-state index is -5.08. The number of piperazine rings is 1. The number of ether oxygens (including phenoxy) is 1. The Labute approximate surface area is 210 Å². The Hall–Kier alpha value is -3.85. The first-order valence-corrected chi connectivity index (χ1v) is 11.1. The van der Waals surface area contributed by atoms with E-state index in [2.05, 4.69) is 37.0 Å². The highest BCUT2D eigenvalue weighted by molar-refractivity contribution is 5.94. The fraction of sp³-hybridized carbons (Fsp3) is 0.455. The molecule has 0 radical (unpaired) electrons. The number of carboxylic acids is 1. The number of methoxy groups -OCH3 is 1. The van der Waals surface area contributed by atoms with Gasteiger partial charge in [-0.3, -0.25) is 14.1 Å². The first-order chi connectivity index (χ1) is 17.5. The SMILES string of the molecule is COCCN(C)C(=O)c1ccc2nnc(C3CN(c4ncccn4)CCN3C)n2c1.O=C(O)C(F)(F)F. The Morgan fingerprint density at radius 3 is 2.49 bits per heavy atom. The molecule has 3 aromatic heterocycles. The smallest absolute Gasteiger partial charge is 0.475 e. The quantitative estimate of drug-likeness (QED) is 0.505. The number of hydrogen-bond acceptors (Lipinski definition) is 9. The van der Waals surface area contributed by atoms with Gasteiger partial charge in [-0.1, -0.05) is 0 Å². The number of pyridine rings is 1. The lowest BCUT2D eigenvalue weighted by atomic mass is 10.1. The van der Waals surface area contributed by atoms with Crippen LogP contribution in [0.5, 0.6) is 0 Å². The van der Waals surface area contributed by atoms with E-state index in [0.29, 0.717) is 36.9 Å². The van der Waals surface area contributed by atoms with E-state index in [0.717, 1.165) is 18.9 Å². The van der Waals surface area contributed by atoms with Crippen molar-refractivity contribution in [3.8, 4) is 0 Å². The Balaban J connectivity index is 0.000000479. The molecule has 1 amide bonds. The number of carboxylic acid groups (broad SMARTS) is 1. The fourth-order valence-corrected chi connectivity index (χ4v) is 3.60. The van der Waals surface area contributed by atoms with E-state index in [1.807, 2.05) is 22.7 Å². The minimum Gasteiger partial charge on any atom is -0.475 e. The molecule has 1 N–H and O–H groups in total. The Morgan fingerprint density at radius 1 is 1.19 bits per heavy atom. The number of carbonyl (C=O) groups excluding carboxylic acids is 1. The van der Waals surface area contributed by atoms with Gasteiger partial charge >= 0.3 is 12.1 Å². The van der Waals surface area contributed by atoms with Crippen molar-refractivity contribution < 1.29 is 32.6 Å². The summed E-state index contributed by atoms with van der Waals surface area (Å²) in [5.41, 5.74) is 1.30. The molecule has 15 heteroatoms. The molecule has 1 aliphatic rings. The molecule has 37 heavy (non-hydrogen) atoms. The lowest BCUT2D eigenvalue weighted by Crippen LogP contribution is -2.47. The maximum absolute atomic E-state index is 12.8. The van der Waals surface area contributed by atoms with E-state index in [-0.39, 0.29) is 11.9 Å². The number of halogens is 3. The van der Waals surface area contributed by atoms with Crippen molar-refractivity contribution in [2.75, 3.05) is 58.9 Å².